The molecule has 0 saturated heterocycles. The minimum absolute atomic E-state index is 0.142. The third kappa shape index (κ3) is 6.98. The largest absolute Gasteiger partial charge is 0.417 e. The van der Waals surface area contributed by atoms with E-state index in [4.69, 9.17) is 4.43 Å². The summed E-state index contributed by atoms with van der Waals surface area (Å²) in [5.74, 6) is 5.29. The molecule has 0 bridgehead atoms. The molecule has 124 valence electrons. The minimum atomic E-state index is -1.63. The maximum absolute atomic E-state index is 11.8. The van der Waals surface area contributed by atoms with Gasteiger partial charge in [-0.05, 0) is 43.0 Å². The molecule has 1 aromatic rings. The highest BCUT2D eigenvalue weighted by Gasteiger charge is 2.36. The lowest BCUT2D eigenvalue weighted by molar-refractivity contribution is 0.105. The molecule has 0 N–H and O–H groups in total. The molecule has 0 aromatic heterocycles. The van der Waals surface area contributed by atoms with Crippen molar-refractivity contribution in [3.05, 3.63) is 48.0 Å². The summed E-state index contributed by atoms with van der Waals surface area (Å²) in [5, 5.41) is 0.256. The van der Waals surface area contributed by atoms with Crippen molar-refractivity contribution in [1.29, 1.82) is 0 Å². The van der Waals surface area contributed by atoms with Crippen molar-refractivity contribution in [3.63, 3.8) is 0 Å². The third-order valence-electron chi connectivity index (χ3n) is 4.21. The van der Waals surface area contributed by atoms with Crippen LogP contribution in [-0.2, 0) is 4.43 Å². The molecule has 0 unspecified atom stereocenters. The number of benzene rings is 1. The molecule has 0 amide bonds. The Hall–Kier alpha value is -1.63. The highest BCUT2D eigenvalue weighted by atomic mass is 28.4. The Morgan fingerprint density at radius 2 is 1.87 bits per heavy atom. The Balaban J connectivity index is 2.29. The van der Waals surface area contributed by atoms with Gasteiger partial charge in [-0.1, -0.05) is 63.1 Å². The molecule has 1 rings (SSSR count). The van der Waals surface area contributed by atoms with Gasteiger partial charge in [-0.15, -0.1) is 0 Å². The van der Waals surface area contributed by atoms with Gasteiger partial charge in [0.2, 0.25) is 5.78 Å². The first-order chi connectivity index (χ1) is 10.7. The molecular weight excluding hydrogens is 300 g/mol. The van der Waals surface area contributed by atoms with Gasteiger partial charge in [-0.2, -0.15) is 0 Å². The Morgan fingerprint density at radius 3 is 2.48 bits per heavy atom. The molecule has 1 aromatic carbocycles. The SMILES string of the molecule is CC(C)(C)[Si](C)(C)OCCC/C=C/C#CC(=O)c1ccccc1. The number of unbranched alkanes of at least 4 members (excludes halogenated alkanes) is 1. The smallest absolute Gasteiger partial charge is 0.236 e. The van der Waals surface area contributed by atoms with Crippen molar-refractivity contribution in [2.45, 2.75) is 51.7 Å². The van der Waals surface area contributed by atoms with Crippen molar-refractivity contribution in [1.82, 2.24) is 0 Å². The fourth-order valence-electron chi connectivity index (χ4n) is 1.66. The van der Waals surface area contributed by atoms with Gasteiger partial charge in [-0.3, -0.25) is 4.79 Å². The number of hydrogen-bond donors (Lipinski definition) is 0. The number of carbonyl (C=O) groups is 1. The van der Waals surface area contributed by atoms with Gasteiger partial charge in [0, 0.05) is 12.2 Å². The van der Waals surface area contributed by atoms with E-state index in [1.165, 1.54) is 0 Å². The van der Waals surface area contributed by atoms with Gasteiger partial charge < -0.3 is 4.43 Å². The average Bonchev–Trinajstić information content (AvgIpc) is 2.49. The lowest BCUT2D eigenvalue weighted by Crippen LogP contribution is -2.40. The fraction of sp³-hybridized carbons (Fsp3) is 0.450. The van der Waals surface area contributed by atoms with Crippen molar-refractivity contribution >= 4 is 14.1 Å². The quantitative estimate of drug-likeness (QED) is 0.235. The van der Waals surface area contributed by atoms with Crippen LogP contribution in [0.2, 0.25) is 18.1 Å². The summed E-state index contributed by atoms with van der Waals surface area (Å²) in [6.45, 7) is 12.1. The van der Waals surface area contributed by atoms with Crippen LogP contribution in [0.3, 0.4) is 0 Å². The molecule has 0 aliphatic rings. The molecular formula is C20H28O2Si. The van der Waals surface area contributed by atoms with Gasteiger partial charge in [0.15, 0.2) is 8.32 Å². The highest BCUT2D eigenvalue weighted by Crippen LogP contribution is 2.36. The second kappa shape index (κ2) is 8.86. The van der Waals surface area contributed by atoms with E-state index >= 15 is 0 Å². The topological polar surface area (TPSA) is 26.3 Å². The van der Waals surface area contributed by atoms with Crippen LogP contribution < -0.4 is 0 Å². The summed E-state index contributed by atoms with van der Waals surface area (Å²) < 4.78 is 6.11. The van der Waals surface area contributed by atoms with Crippen LogP contribution in [0.4, 0.5) is 0 Å². The van der Waals surface area contributed by atoms with Crippen LogP contribution in [0.15, 0.2) is 42.5 Å². The van der Waals surface area contributed by atoms with Crippen LogP contribution in [0, 0.1) is 11.8 Å². The fourth-order valence-corrected chi connectivity index (χ4v) is 2.74. The van der Waals surface area contributed by atoms with E-state index in [1.807, 2.05) is 24.3 Å². The summed E-state index contributed by atoms with van der Waals surface area (Å²) in [6.07, 6.45) is 5.66. The summed E-state index contributed by atoms with van der Waals surface area (Å²) in [7, 11) is -1.63. The second-order valence-electron chi connectivity index (χ2n) is 7.12. The van der Waals surface area contributed by atoms with E-state index in [9.17, 15) is 4.79 Å². The Morgan fingerprint density at radius 1 is 1.22 bits per heavy atom. The van der Waals surface area contributed by atoms with Crippen molar-refractivity contribution in [2.24, 2.45) is 0 Å². The molecule has 0 atom stereocenters. The summed E-state index contributed by atoms with van der Waals surface area (Å²) in [6, 6.07) is 9.12. The number of Topliss-reactive ketones (excluding diaryl/α,β-unsaturated/α-hetero) is 1. The van der Waals surface area contributed by atoms with E-state index in [0.29, 0.717) is 5.56 Å². The predicted octanol–water partition coefficient (Wildman–Crippen LogP) is 5.23. The van der Waals surface area contributed by atoms with Crippen molar-refractivity contribution in [3.8, 4) is 11.8 Å². The van der Waals surface area contributed by atoms with E-state index in [1.54, 1.807) is 18.2 Å². The number of allylic oxidation sites excluding steroid dienone is 2. The number of hydrogen-bond acceptors (Lipinski definition) is 2. The number of rotatable bonds is 6. The molecule has 0 heterocycles. The molecule has 23 heavy (non-hydrogen) atoms. The van der Waals surface area contributed by atoms with Crippen molar-refractivity contribution < 1.29 is 9.22 Å². The zero-order chi connectivity index (χ0) is 17.3. The molecule has 3 heteroatoms. The summed E-state index contributed by atoms with van der Waals surface area (Å²) in [4.78, 5) is 11.8. The Kier molecular flexibility index (Phi) is 7.48. The normalized spacial score (nSPS) is 12.0. The lowest BCUT2D eigenvalue weighted by Gasteiger charge is -2.36. The molecule has 0 saturated carbocycles. The Bertz CT molecular complexity index is 584. The summed E-state index contributed by atoms with van der Waals surface area (Å²) >= 11 is 0. The molecule has 0 fully saturated rings. The maximum Gasteiger partial charge on any atom is 0.236 e. The second-order valence-corrected chi connectivity index (χ2v) is 11.9. The van der Waals surface area contributed by atoms with Gasteiger partial charge in [0.05, 0.1) is 0 Å². The first-order valence-corrected chi connectivity index (χ1v) is 11.0. The molecule has 0 radical (unpaired) electrons. The molecule has 0 aliphatic carbocycles. The number of carbonyl (C=O) groups excluding carboxylic acids is 1. The van der Waals surface area contributed by atoms with Crippen LogP contribution in [0.1, 0.15) is 44.0 Å². The van der Waals surface area contributed by atoms with Crippen molar-refractivity contribution in [2.75, 3.05) is 6.61 Å². The van der Waals surface area contributed by atoms with Gasteiger partial charge in [0.1, 0.15) is 0 Å². The van der Waals surface area contributed by atoms with Crippen LogP contribution >= 0.6 is 0 Å². The van der Waals surface area contributed by atoms with E-state index in [-0.39, 0.29) is 10.8 Å². The van der Waals surface area contributed by atoms with Crippen LogP contribution in [0.25, 0.3) is 0 Å². The Labute approximate surface area is 142 Å². The van der Waals surface area contributed by atoms with Gasteiger partial charge >= 0.3 is 0 Å². The van der Waals surface area contributed by atoms with E-state index < -0.39 is 8.32 Å². The van der Waals surface area contributed by atoms with Crippen LogP contribution in [0.5, 0.6) is 0 Å². The average molecular weight is 329 g/mol. The molecule has 0 spiro atoms. The monoisotopic (exact) mass is 328 g/mol. The molecule has 2 nitrogen and oxygen atoms in total. The standard InChI is InChI=1S/C20H28O2Si/c1-20(2,3)23(4,5)22-17-13-8-6-7-12-16-19(21)18-14-10-9-11-15-18/h6-7,9-11,14-15H,8,13,17H2,1-5H3/b7-6+. The first-order valence-electron chi connectivity index (χ1n) is 8.14. The maximum atomic E-state index is 11.8. The van der Waals surface area contributed by atoms with Gasteiger partial charge in [0.25, 0.3) is 0 Å². The lowest BCUT2D eigenvalue weighted by atomic mass is 10.1. The third-order valence-corrected chi connectivity index (χ3v) is 8.75. The number of ketones is 1. The van der Waals surface area contributed by atoms with E-state index in [0.717, 1.165) is 19.4 Å². The first kappa shape index (κ1) is 19.4. The van der Waals surface area contributed by atoms with Crippen LogP contribution in [-0.4, -0.2) is 20.7 Å². The zero-order valence-corrected chi connectivity index (χ0v) is 16.0. The minimum Gasteiger partial charge on any atom is -0.417 e. The summed E-state index contributed by atoms with van der Waals surface area (Å²) in [5.41, 5.74) is 0.635. The zero-order valence-electron chi connectivity index (χ0n) is 15.0. The predicted molar refractivity (Wildman–Crippen MR) is 100 cm³/mol. The van der Waals surface area contributed by atoms with E-state index in [2.05, 4.69) is 45.7 Å². The molecule has 0 aliphatic heterocycles. The van der Waals surface area contributed by atoms with Gasteiger partial charge in [-0.25, -0.2) is 0 Å². The highest BCUT2D eigenvalue weighted by molar-refractivity contribution is 6.74.